The average Bonchev–Trinajstić information content (AvgIpc) is 2.02. The number of carbonyl (C=O) groups is 2. The zero-order chi connectivity index (χ0) is 10.4. The van der Waals surface area contributed by atoms with Gasteiger partial charge in [0, 0.05) is 5.57 Å². The molecule has 0 aliphatic carbocycles. The molecule has 1 N–H and O–H groups in total. The summed E-state index contributed by atoms with van der Waals surface area (Å²) >= 11 is 0. The van der Waals surface area contributed by atoms with E-state index >= 15 is 0 Å². The van der Waals surface area contributed by atoms with Gasteiger partial charge in [0.05, 0.1) is 6.42 Å². The molecule has 0 saturated heterocycles. The molecule has 0 radical (unpaired) electrons. The van der Waals surface area contributed by atoms with Crippen molar-refractivity contribution in [3.8, 4) is 0 Å². The molecular formula is C9H10O4. The van der Waals surface area contributed by atoms with Crippen LogP contribution in [0.5, 0.6) is 0 Å². The third-order valence-corrected chi connectivity index (χ3v) is 1.10. The molecule has 0 bridgehead atoms. The molecule has 0 heterocycles. The maximum absolute atomic E-state index is 11.0. The van der Waals surface area contributed by atoms with Gasteiger partial charge in [0.15, 0.2) is 0 Å². The predicted molar refractivity (Wildman–Crippen MR) is 46.8 cm³/mol. The molecule has 0 rings (SSSR count). The van der Waals surface area contributed by atoms with Gasteiger partial charge in [0.2, 0.25) is 0 Å². The molecule has 0 atom stereocenters. The van der Waals surface area contributed by atoms with Crippen molar-refractivity contribution >= 4 is 11.9 Å². The number of hydrogen-bond acceptors (Lipinski definition) is 3. The minimum atomic E-state index is -1.13. The number of aliphatic carboxylic acids is 1. The highest BCUT2D eigenvalue weighted by Gasteiger charge is 2.12. The van der Waals surface area contributed by atoms with Gasteiger partial charge in [0.25, 0.3) is 0 Å². The third-order valence-electron chi connectivity index (χ3n) is 1.10. The van der Waals surface area contributed by atoms with E-state index in [0.717, 1.165) is 0 Å². The fourth-order valence-electron chi connectivity index (χ4n) is 0.488. The van der Waals surface area contributed by atoms with E-state index in [0.29, 0.717) is 0 Å². The monoisotopic (exact) mass is 182 g/mol. The van der Waals surface area contributed by atoms with Crippen LogP contribution in [0.3, 0.4) is 0 Å². The SMILES string of the molecule is C=CC(=C)OC(=O)C(=C)CC(=O)O. The number of carboxylic acids is 1. The number of rotatable bonds is 5. The molecule has 4 heteroatoms. The van der Waals surface area contributed by atoms with E-state index in [-0.39, 0.29) is 11.3 Å². The van der Waals surface area contributed by atoms with Crippen LogP contribution in [0, 0.1) is 0 Å². The van der Waals surface area contributed by atoms with Crippen LogP contribution in [-0.4, -0.2) is 17.0 Å². The number of esters is 1. The van der Waals surface area contributed by atoms with E-state index in [1.807, 2.05) is 0 Å². The van der Waals surface area contributed by atoms with E-state index in [2.05, 4.69) is 24.5 Å². The Kier molecular flexibility index (Phi) is 4.23. The first-order chi connectivity index (χ1) is 5.97. The summed E-state index contributed by atoms with van der Waals surface area (Å²) in [5.41, 5.74) is -0.129. The molecule has 0 saturated carbocycles. The van der Waals surface area contributed by atoms with E-state index < -0.39 is 18.4 Å². The summed E-state index contributed by atoms with van der Waals surface area (Å²) in [4.78, 5) is 21.1. The fourth-order valence-corrected chi connectivity index (χ4v) is 0.488. The van der Waals surface area contributed by atoms with Gasteiger partial charge in [-0.3, -0.25) is 4.79 Å². The lowest BCUT2D eigenvalue weighted by Gasteiger charge is -2.03. The molecule has 13 heavy (non-hydrogen) atoms. The molecule has 0 unspecified atom stereocenters. The smallest absolute Gasteiger partial charge is 0.339 e. The maximum atomic E-state index is 11.0. The lowest BCUT2D eigenvalue weighted by molar-refractivity contribution is -0.140. The van der Waals surface area contributed by atoms with Crippen molar-refractivity contribution in [2.24, 2.45) is 0 Å². The Labute approximate surface area is 75.8 Å². The molecule has 70 valence electrons. The number of carbonyl (C=O) groups excluding carboxylic acids is 1. The summed E-state index contributed by atoms with van der Waals surface area (Å²) in [6.45, 7) is 9.89. The van der Waals surface area contributed by atoms with Gasteiger partial charge < -0.3 is 9.84 Å². The summed E-state index contributed by atoms with van der Waals surface area (Å²) < 4.78 is 4.55. The predicted octanol–water partition coefficient (Wildman–Crippen LogP) is 1.26. The highest BCUT2D eigenvalue weighted by molar-refractivity contribution is 5.93. The van der Waals surface area contributed by atoms with Crippen LogP contribution >= 0.6 is 0 Å². The summed E-state index contributed by atoms with van der Waals surface area (Å²) in [7, 11) is 0. The van der Waals surface area contributed by atoms with E-state index in [4.69, 9.17) is 5.11 Å². The zero-order valence-corrected chi connectivity index (χ0v) is 7.08. The van der Waals surface area contributed by atoms with Gasteiger partial charge in [-0.15, -0.1) is 0 Å². The van der Waals surface area contributed by atoms with Gasteiger partial charge in [-0.25, -0.2) is 4.79 Å². The second-order valence-corrected chi connectivity index (χ2v) is 2.23. The molecular weight excluding hydrogens is 172 g/mol. The molecule has 4 nitrogen and oxygen atoms in total. The van der Waals surface area contributed by atoms with E-state index in [1.54, 1.807) is 0 Å². The summed E-state index contributed by atoms with van der Waals surface area (Å²) in [6.07, 6.45) is 0.801. The topological polar surface area (TPSA) is 63.6 Å². The second-order valence-electron chi connectivity index (χ2n) is 2.23. The molecule has 0 aliphatic rings. The summed E-state index contributed by atoms with van der Waals surface area (Å²) in [6, 6.07) is 0. The van der Waals surface area contributed by atoms with Crippen LogP contribution in [0.1, 0.15) is 6.42 Å². The minimum Gasteiger partial charge on any atom is -0.481 e. The van der Waals surface area contributed by atoms with Crippen molar-refractivity contribution in [2.45, 2.75) is 6.42 Å². The highest BCUT2D eigenvalue weighted by Crippen LogP contribution is 2.05. The van der Waals surface area contributed by atoms with Gasteiger partial charge in [-0.2, -0.15) is 0 Å². The lowest BCUT2D eigenvalue weighted by atomic mass is 10.2. The number of carboxylic acid groups (broad SMARTS) is 1. The van der Waals surface area contributed by atoms with Crippen LogP contribution < -0.4 is 0 Å². The first-order valence-corrected chi connectivity index (χ1v) is 3.40. The summed E-state index contributed by atoms with van der Waals surface area (Å²) in [5, 5.41) is 8.31. The van der Waals surface area contributed by atoms with E-state index in [9.17, 15) is 9.59 Å². The van der Waals surface area contributed by atoms with Crippen molar-refractivity contribution < 1.29 is 19.4 Å². The standard InChI is InChI=1S/C9H10O4/c1-4-7(3)13-9(12)6(2)5-8(10)11/h4H,1-3,5H2,(H,10,11). The van der Waals surface area contributed by atoms with Crippen LogP contribution in [0.2, 0.25) is 0 Å². The Hall–Kier alpha value is -1.84. The lowest BCUT2D eigenvalue weighted by Crippen LogP contribution is -2.09. The van der Waals surface area contributed by atoms with Crippen LogP contribution in [-0.2, 0) is 14.3 Å². The van der Waals surface area contributed by atoms with Crippen molar-refractivity contribution in [1.82, 2.24) is 0 Å². The van der Waals surface area contributed by atoms with Crippen LogP contribution in [0.25, 0.3) is 0 Å². The molecule has 0 fully saturated rings. The molecule has 0 aromatic rings. The third kappa shape index (κ3) is 4.58. The second kappa shape index (κ2) is 4.92. The molecule has 0 aromatic heterocycles. The van der Waals surface area contributed by atoms with Crippen molar-refractivity contribution in [3.63, 3.8) is 0 Å². The Balaban J connectivity index is 4.12. The Morgan fingerprint density at radius 2 is 1.92 bits per heavy atom. The number of hydrogen-bond donors (Lipinski definition) is 1. The largest absolute Gasteiger partial charge is 0.481 e. The van der Waals surface area contributed by atoms with Crippen molar-refractivity contribution in [3.05, 3.63) is 37.1 Å². The van der Waals surface area contributed by atoms with Crippen molar-refractivity contribution in [1.29, 1.82) is 0 Å². The average molecular weight is 182 g/mol. The Morgan fingerprint density at radius 1 is 1.38 bits per heavy atom. The molecule has 0 aliphatic heterocycles. The van der Waals surface area contributed by atoms with Crippen molar-refractivity contribution in [2.75, 3.05) is 0 Å². The zero-order valence-electron chi connectivity index (χ0n) is 7.08. The van der Waals surface area contributed by atoms with Crippen LogP contribution in [0.15, 0.2) is 37.1 Å². The Morgan fingerprint density at radius 3 is 2.31 bits per heavy atom. The van der Waals surface area contributed by atoms with E-state index in [1.165, 1.54) is 6.08 Å². The fraction of sp³-hybridized carbons (Fsp3) is 0.111. The van der Waals surface area contributed by atoms with Gasteiger partial charge in [0.1, 0.15) is 5.76 Å². The van der Waals surface area contributed by atoms with Gasteiger partial charge in [-0.1, -0.05) is 19.7 Å². The number of allylic oxidation sites excluding steroid dienone is 1. The molecule has 0 spiro atoms. The first-order valence-electron chi connectivity index (χ1n) is 3.40. The quantitative estimate of drug-likeness (QED) is 0.301. The minimum absolute atomic E-state index is 0.0662. The van der Waals surface area contributed by atoms with Gasteiger partial charge in [-0.05, 0) is 6.08 Å². The normalized spacial score (nSPS) is 8.62. The Bertz CT molecular complexity index is 275. The summed E-state index contributed by atoms with van der Waals surface area (Å²) in [5.74, 6) is -1.87. The van der Waals surface area contributed by atoms with Crippen LogP contribution in [0.4, 0.5) is 0 Å². The number of ether oxygens (including phenoxy) is 1. The maximum Gasteiger partial charge on any atom is 0.339 e. The van der Waals surface area contributed by atoms with Gasteiger partial charge >= 0.3 is 11.9 Å². The highest BCUT2D eigenvalue weighted by atomic mass is 16.5. The molecule has 0 amide bonds. The first kappa shape index (κ1) is 11.2. The molecule has 0 aromatic carbocycles.